The fourth-order valence-corrected chi connectivity index (χ4v) is 19.0. The van der Waals surface area contributed by atoms with Crippen molar-refractivity contribution in [2.75, 3.05) is 67.4 Å². The molecule has 49 nitrogen and oxygen atoms in total. The molecule has 0 spiro atoms. The highest BCUT2D eigenvalue weighted by molar-refractivity contribution is 8.77. The van der Waals surface area contributed by atoms with E-state index in [9.17, 15) is 87.2 Å². The third-order valence-corrected chi connectivity index (χ3v) is 26.1. The van der Waals surface area contributed by atoms with E-state index in [1.54, 1.807) is 24.3 Å². The maximum Gasteiger partial charge on any atom is 0.305 e. The number of carbonyl (C=O) groups excluding carboxylic acids is 17. The summed E-state index contributed by atoms with van der Waals surface area (Å²) < 4.78 is 0. The van der Waals surface area contributed by atoms with E-state index in [0.717, 1.165) is 60.9 Å². The Balaban J connectivity index is 1.60. The number of aliphatic hydroxyl groups is 2. The summed E-state index contributed by atoms with van der Waals surface area (Å²) in [6.45, 7) is -1.51. The van der Waals surface area contributed by atoms with Gasteiger partial charge in [0.15, 0.2) is 11.9 Å². The number of aromatic nitrogens is 3. The number of nitrogens with zero attached hydrogens (tertiary/aromatic N) is 1. The number of aliphatic carboxylic acids is 1. The Morgan fingerprint density at radius 1 is 0.448 bits per heavy atom. The van der Waals surface area contributed by atoms with E-state index in [-0.39, 0.29) is 63.9 Å². The number of aromatic amines is 2. The van der Waals surface area contributed by atoms with Crippen LogP contribution in [0.5, 0.6) is 0 Å². The van der Waals surface area contributed by atoms with Crippen LogP contribution in [-0.4, -0.2) is 313 Å². The highest BCUT2D eigenvalue weighted by atomic mass is 33.1. The molecular weight excluding hydrogens is 1760 g/mol. The average Bonchev–Trinajstić information content (AvgIpc) is 1.70. The molecule has 2 aromatic heterocycles. The van der Waals surface area contributed by atoms with Crippen molar-refractivity contribution in [3.8, 4) is 0 Å². The number of hydrogen-bond donors (Lipinski definition) is 30. The summed E-state index contributed by atoms with van der Waals surface area (Å²) in [5.41, 5.74) is 36.1. The molecule has 16 atom stereocenters. The van der Waals surface area contributed by atoms with Gasteiger partial charge in [0.1, 0.15) is 90.6 Å². The molecule has 1 aromatic carbocycles. The molecule has 3 fully saturated rings. The maximum absolute atomic E-state index is 15.4. The monoisotopic (exact) mass is 1870 g/mol. The molecule has 17 amide bonds. The molecular formula is C70H106N28O21S6. The fraction of sp³-hybridized carbons (Fsp3) is 0.557. The molecule has 125 heavy (non-hydrogen) atoms. The Morgan fingerprint density at radius 2 is 0.840 bits per heavy atom. The number of hydrogen-bond acceptors (Lipinski definition) is 31. The van der Waals surface area contributed by atoms with E-state index in [0.29, 0.717) is 27.3 Å². The van der Waals surface area contributed by atoms with Crippen LogP contribution in [0.1, 0.15) is 76.0 Å². The number of carboxylic acids is 1. The van der Waals surface area contributed by atoms with Gasteiger partial charge in [-0.3, -0.25) is 97.1 Å². The van der Waals surface area contributed by atoms with Crippen molar-refractivity contribution in [3.05, 3.63) is 54.2 Å². The van der Waals surface area contributed by atoms with Gasteiger partial charge in [-0.15, -0.1) is 0 Å². The number of fused-ring (bicyclic) bond motifs is 17. The second kappa shape index (κ2) is 52.6. The van der Waals surface area contributed by atoms with Crippen LogP contribution in [0.4, 0.5) is 0 Å². The zero-order valence-corrected chi connectivity index (χ0v) is 72.3. The number of benzene rings is 1. The summed E-state index contributed by atoms with van der Waals surface area (Å²) in [5, 5.41) is 89.4. The molecule has 688 valence electrons. The van der Waals surface area contributed by atoms with E-state index < -0.39 is 295 Å². The molecule has 5 heterocycles. The Labute approximate surface area is 737 Å². The zero-order chi connectivity index (χ0) is 92.0. The molecule has 3 aliphatic heterocycles. The molecule has 0 unspecified atom stereocenters. The number of imidazole rings is 1. The van der Waals surface area contributed by atoms with Crippen molar-refractivity contribution < 1.29 is 102 Å². The van der Waals surface area contributed by atoms with Gasteiger partial charge < -0.3 is 150 Å². The Bertz CT molecular complexity index is 4330. The van der Waals surface area contributed by atoms with Gasteiger partial charge in [0.2, 0.25) is 100 Å². The number of rotatable bonds is 23. The molecule has 55 heteroatoms. The highest BCUT2D eigenvalue weighted by Crippen LogP contribution is 2.28. The van der Waals surface area contributed by atoms with E-state index in [1.165, 1.54) is 18.7 Å². The van der Waals surface area contributed by atoms with Gasteiger partial charge in [0, 0.05) is 89.4 Å². The summed E-state index contributed by atoms with van der Waals surface area (Å²) in [7, 11) is 4.50. The average molecular weight is 1870 g/mol. The van der Waals surface area contributed by atoms with Crippen LogP contribution in [0.2, 0.25) is 0 Å². The predicted octanol–water partition coefficient (Wildman–Crippen LogP) is -11.0. The number of aliphatic hydroxyl groups excluding tert-OH is 2. The van der Waals surface area contributed by atoms with Gasteiger partial charge in [-0.25, -0.2) is 4.98 Å². The number of para-hydroxylation sites is 1. The van der Waals surface area contributed by atoms with E-state index in [1.807, 2.05) is 0 Å². The van der Waals surface area contributed by atoms with E-state index >= 15 is 14.4 Å². The van der Waals surface area contributed by atoms with Crippen LogP contribution >= 0.6 is 64.8 Å². The first-order valence-corrected chi connectivity index (χ1v) is 46.4. The minimum absolute atomic E-state index is 0.0517. The third kappa shape index (κ3) is 34.8. The Hall–Kier alpha value is -11.1. The zero-order valence-electron chi connectivity index (χ0n) is 67.4. The number of carbonyl (C=O) groups is 18. The van der Waals surface area contributed by atoms with Gasteiger partial charge >= 0.3 is 5.97 Å². The molecule has 3 saturated heterocycles. The van der Waals surface area contributed by atoms with Gasteiger partial charge in [0.05, 0.1) is 38.4 Å². The van der Waals surface area contributed by atoms with Crippen molar-refractivity contribution in [2.24, 2.45) is 34.4 Å². The number of guanidine groups is 2. The lowest BCUT2D eigenvalue weighted by Crippen LogP contribution is -2.62. The van der Waals surface area contributed by atoms with Gasteiger partial charge in [-0.1, -0.05) is 83.0 Å². The van der Waals surface area contributed by atoms with Crippen molar-refractivity contribution in [3.63, 3.8) is 0 Å². The number of amides is 17. The quantitative estimate of drug-likeness (QED) is 0.0181. The minimum atomic E-state index is -2.12. The van der Waals surface area contributed by atoms with Crippen molar-refractivity contribution >= 4 is 194 Å². The predicted molar refractivity (Wildman–Crippen MR) is 462 cm³/mol. The van der Waals surface area contributed by atoms with Gasteiger partial charge in [-0.05, 0) is 70.0 Å². The first kappa shape index (κ1) is 103. The number of H-pyrrole nitrogens is 2. The molecule has 0 radical (unpaired) electrons. The van der Waals surface area contributed by atoms with Gasteiger partial charge in [-0.2, -0.15) is 0 Å². The highest BCUT2D eigenvalue weighted by Gasteiger charge is 2.40. The number of primary amides is 2. The van der Waals surface area contributed by atoms with Crippen molar-refractivity contribution in [1.82, 2.24) is 105 Å². The maximum atomic E-state index is 15.4. The number of carboxylic acid groups (broad SMARTS) is 1. The van der Waals surface area contributed by atoms with Crippen molar-refractivity contribution in [1.29, 1.82) is 10.8 Å². The summed E-state index contributed by atoms with van der Waals surface area (Å²) in [6.07, 6.45) is 0.0836. The third-order valence-electron chi connectivity index (χ3n) is 18.8. The van der Waals surface area contributed by atoms with Crippen LogP contribution in [-0.2, 0) is 99.1 Å². The molecule has 0 aliphatic carbocycles. The summed E-state index contributed by atoms with van der Waals surface area (Å²) in [6, 6.07) is -22.5. The first-order chi connectivity index (χ1) is 59.5. The van der Waals surface area contributed by atoms with Crippen LogP contribution in [0.3, 0.4) is 0 Å². The van der Waals surface area contributed by atoms with Crippen molar-refractivity contribution in [2.45, 2.75) is 174 Å². The standard InChI is InChI=1S/C70H106N28O21S6/c1-31-54(105)85-38(11-6-14-80-69(75)76)58(109)96-50-29-125-124-26-47-66(117)90-42(18-51(73)101)61(112)98-49(28-123-121-25-46(53(74)104)94-68(50)119)67(118)93-45(23-100)64(115)92-44(22-99)63(114)86-37(10-4-5-13-71)56(107)88-40(16-32-20-82-36-9-3-2-8-34(32)36)60(111)97-48(27-122-120-24-35(72)55(106)95-47)65(116)87-39(12-7-15-81-70(77)78)57(108)91-43(19-52(102)103)62(113)89-41(59(110)84-31)17-33-21-79-30-83-33/h2-3,8-9,20-21,30-31,35,37-50,82,99-100H,4-7,10-19,22-29,71-72H2,1H3,(H2,73,101)(H2,74,104)(H,79,83)(H,84,110)(H,85,105)(H,86,114)(H,87,116)(H,88,107)(H,89,113)(H,90,117)(H,91,108)(H,92,115)(H,93,118)(H,94,119)(H,95,106)(H,96,109)(H,97,111)(H,98,112)(H,102,103)(H4,75,76,80)(H4,77,78,81)/t31-,35-,37-,38-,39-,40-,41-,42+,43-,44-,45-,46-,47-,48-,49-,50-/m0/s1. The summed E-state index contributed by atoms with van der Waals surface area (Å²) >= 11 is 0. The summed E-state index contributed by atoms with van der Waals surface area (Å²) in [4.78, 5) is 270. The summed E-state index contributed by atoms with van der Waals surface area (Å²) in [5.74, 6) is -26.3. The number of nitrogens with one attached hydrogen (secondary N) is 21. The van der Waals surface area contributed by atoms with Crippen LogP contribution in [0.15, 0.2) is 43.0 Å². The van der Waals surface area contributed by atoms with Gasteiger partial charge in [0.25, 0.3) is 0 Å². The molecule has 3 aromatic rings. The van der Waals surface area contributed by atoms with E-state index in [2.05, 4.69) is 105 Å². The lowest BCUT2D eigenvalue weighted by molar-refractivity contribution is -0.141. The number of nitrogens with two attached hydrogens (primary N) is 6. The second-order valence-corrected chi connectivity index (χ2v) is 36.2. The second-order valence-electron chi connectivity index (χ2n) is 28.5. The SMILES string of the molecule is C[C@@H]1NC(=O)[C@H](Cc2cnc[nH]2)NC(=O)[C@H](CC(=O)O)NC(=O)[C@H](CCCNC(=N)N)NC(=O)[C@@H]2CSSC[C@H](N)C(=O)N[C@H]3CSSC[C@H](NC(=O)[C@H](CCCNC(=N)N)NC1=O)C(=O)N[C@H](C(N)=O)CSSC[C@H](NC(=O)[C@@H](CC(N)=O)NC3=O)C(=O)N[C@@H](CO)C(=O)N[C@@H](CO)C(=O)N[C@@H](CCCCN)C(=O)N[C@@H](Cc1c[nH]c3ccccc13)C(=O)N2. The number of unbranched alkanes of at least 4 members (excludes halogenated alkanes) is 1. The molecule has 6 rings (SSSR count). The molecule has 0 saturated carbocycles. The molecule has 36 N–H and O–H groups in total. The van der Waals surface area contributed by atoms with Crippen LogP contribution in [0, 0.1) is 10.8 Å². The van der Waals surface area contributed by atoms with Crippen LogP contribution in [0.25, 0.3) is 10.9 Å². The Kier molecular flexibility index (Phi) is 43.2. The van der Waals surface area contributed by atoms with E-state index in [4.69, 9.17) is 45.2 Å². The smallest absolute Gasteiger partial charge is 0.305 e. The van der Waals surface area contributed by atoms with Crippen LogP contribution < -0.4 is 125 Å². The lowest BCUT2D eigenvalue weighted by Gasteiger charge is -2.28. The first-order valence-electron chi connectivity index (χ1n) is 38.9. The largest absolute Gasteiger partial charge is 0.481 e. The molecule has 4 bridgehead atoms. The minimum Gasteiger partial charge on any atom is -0.481 e. The fourth-order valence-electron chi connectivity index (χ4n) is 12.0. The lowest BCUT2D eigenvalue weighted by atomic mass is 10.0. The molecule has 3 aliphatic rings. The normalized spacial score (nSPS) is 26.5. The Morgan fingerprint density at radius 3 is 1.34 bits per heavy atom. The topological polar surface area (TPSA) is 821 Å².